The zero-order valence-electron chi connectivity index (χ0n) is 23.1. The van der Waals surface area contributed by atoms with E-state index < -0.39 is 0 Å². The first-order valence-corrected chi connectivity index (χ1v) is 14.0. The number of nitrogens with zero attached hydrogens (tertiary/aromatic N) is 3. The first-order chi connectivity index (χ1) is 17.1. The number of fused-ring (bicyclic) bond motifs is 3. The van der Waals surface area contributed by atoms with E-state index in [4.69, 9.17) is 0 Å². The average molecular weight is 472 g/mol. The second-order valence-electron chi connectivity index (χ2n) is 9.61. The third-order valence-corrected chi connectivity index (χ3v) is 8.12. The van der Waals surface area contributed by atoms with Gasteiger partial charge in [0.25, 0.3) is 0 Å². The number of allylic oxidation sites excluding steroid dienone is 4. The highest BCUT2D eigenvalue weighted by Gasteiger charge is 2.37. The summed E-state index contributed by atoms with van der Waals surface area (Å²) in [6, 6.07) is 7.00. The maximum Gasteiger partial charge on any atom is 0.0848 e. The van der Waals surface area contributed by atoms with Crippen LogP contribution in [0.2, 0.25) is 0 Å². The van der Waals surface area contributed by atoms with Crippen molar-refractivity contribution < 1.29 is 0 Å². The summed E-state index contributed by atoms with van der Waals surface area (Å²) < 4.78 is 0. The molecule has 2 aromatic carbocycles. The Labute approximate surface area is 214 Å². The third-order valence-electron chi connectivity index (χ3n) is 8.12. The maximum absolute atomic E-state index is 2.63. The van der Waals surface area contributed by atoms with Crippen molar-refractivity contribution in [2.24, 2.45) is 0 Å². The van der Waals surface area contributed by atoms with Gasteiger partial charge in [0, 0.05) is 51.6 Å². The molecule has 3 nitrogen and oxygen atoms in total. The molecule has 0 fully saturated rings. The van der Waals surface area contributed by atoms with Crippen LogP contribution in [-0.4, -0.2) is 39.3 Å². The summed E-state index contributed by atoms with van der Waals surface area (Å²) in [6.07, 6.45) is 11.4. The lowest BCUT2D eigenvalue weighted by Gasteiger charge is -2.39. The van der Waals surface area contributed by atoms with E-state index in [9.17, 15) is 0 Å². The van der Waals surface area contributed by atoms with Gasteiger partial charge in [0.15, 0.2) is 0 Å². The van der Waals surface area contributed by atoms with Crippen LogP contribution in [0.25, 0.3) is 11.1 Å². The molecule has 0 aliphatic heterocycles. The number of aryl methyl sites for hydroxylation is 1. The number of hydrogen-bond acceptors (Lipinski definition) is 3. The van der Waals surface area contributed by atoms with Crippen LogP contribution in [0.5, 0.6) is 0 Å². The number of rotatable bonds is 11. The fourth-order valence-corrected chi connectivity index (χ4v) is 6.38. The molecule has 188 valence electrons. The zero-order chi connectivity index (χ0) is 25.1. The van der Waals surface area contributed by atoms with Gasteiger partial charge in [0.1, 0.15) is 0 Å². The van der Waals surface area contributed by atoms with E-state index in [-0.39, 0.29) is 0 Å². The van der Waals surface area contributed by atoms with E-state index >= 15 is 0 Å². The van der Waals surface area contributed by atoms with E-state index in [1.165, 1.54) is 44.9 Å². The van der Waals surface area contributed by atoms with Crippen LogP contribution in [0.1, 0.15) is 76.6 Å². The van der Waals surface area contributed by atoms with Gasteiger partial charge in [-0.15, -0.1) is 0 Å². The molecule has 2 aromatic rings. The van der Waals surface area contributed by atoms with Gasteiger partial charge in [-0.3, -0.25) is 0 Å². The van der Waals surface area contributed by atoms with Gasteiger partial charge in [-0.1, -0.05) is 49.4 Å². The SMILES string of the molecule is CCc1cccc2c1-c1c(c(N(CC)CC)c(N(CC)CC)c(N(CC)CC)c1C1C=CC=C1)C2. The summed E-state index contributed by atoms with van der Waals surface area (Å²) in [6.45, 7) is 22.3. The molecule has 0 atom stereocenters. The fraction of sp³-hybridized carbons (Fsp3) is 0.500. The van der Waals surface area contributed by atoms with Gasteiger partial charge in [-0.05, 0) is 81.3 Å². The van der Waals surface area contributed by atoms with E-state index in [1.807, 2.05) is 0 Å². The molecular weight excluding hydrogens is 426 g/mol. The van der Waals surface area contributed by atoms with Gasteiger partial charge in [-0.25, -0.2) is 0 Å². The fourth-order valence-electron chi connectivity index (χ4n) is 6.38. The second kappa shape index (κ2) is 10.9. The van der Waals surface area contributed by atoms with E-state index in [0.29, 0.717) is 5.92 Å². The van der Waals surface area contributed by atoms with Crippen molar-refractivity contribution in [3.63, 3.8) is 0 Å². The second-order valence-corrected chi connectivity index (χ2v) is 9.61. The molecular formula is C32H45N3. The van der Waals surface area contributed by atoms with E-state index in [0.717, 1.165) is 52.1 Å². The van der Waals surface area contributed by atoms with E-state index in [2.05, 4.69) is 106 Å². The van der Waals surface area contributed by atoms with E-state index in [1.54, 1.807) is 5.56 Å². The number of benzene rings is 2. The van der Waals surface area contributed by atoms with Crippen LogP contribution < -0.4 is 14.7 Å². The highest BCUT2D eigenvalue weighted by molar-refractivity contribution is 6.01. The molecule has 0 heterocycles. The van der Waals surface area contributed by atoms with Crippen molar-refractivity contribution in [3.8, 4) is 11.1 Å². The summed E-state index contributed by atoms with van der Waals surface area (Å²) >= 11 is 0. The predicted octanol–water partition coefficient (Wildman–Crippen LogP) is 7.57. The molecule has 4 rings (SSSR count). The molecule has 35 heavy (non-hydrogen) atoms. The molecule has 0 amide bonds. The molecule has 0 radical (unpaired) electrons. The van der Waals surface area contributed by atoms with Crippen LogP contribution in [0.15, 0.2) is 42.5 Å². The molecule has 0 aromatic heterocycles. The monoisotopic (exact) mass is 471 g/mol. The van der Waals surface area contributed by atoms with Crippen LogP contribution in [0.4, 0.5) is 17.1 Å². The summed E-state index contributed by atoms with van der Waals surface area (Å²) in [5.41, 5.74) is 13.5. The summed E-state index contributed by atoms with van der Waals surface area (Å²) in [7, 11) is 0. The Morgan fingerprint density at radius 2 is 1.20 bits per heavy atom. The molecule has 0 unspecified atom stereocenters. The minimum Gasteiger partial charge on any atom is -0.370 e. The molecule has 0 bridgehead atoms. The Morgan fingerprint density at radius 3 is 1.74 bits per heavy atom. The topological polar surface area (TPSA) is 9.72 Å². The van der Waals surface area contributed by atoms with Crippen LogP contribution in [0, 0.1) is 0 Å². The highest BCUT2D eigenvalue weighted by Crippen LogP contribution is 2.57. The van der Waals surface area contributed by atoms with Crippen molar-refractivity contribution in [2.75, 3.05) is 54.0 Å². The van der Waals surface area contributed by atoms with Gasteiger partial charge in [-0.2, -0.15) is 0 Å². The smallest absolute Gasteiger partial charge is 0.0848 e. The molecule has 0 spiro atoms. The maximum atomic E-state index is 2.63. The lowest BCUT2D eigenvalue weighted by Crippen LogP contribution is -2.34. The van der Waals surface area contributed by atoms with Crippen molar-refractivity contribution in [2.45, 2.75) is 67.2 Å². The average Bonchev–Trinajstić information content (AvgIpc) is 3.55. The minimum atomic E-state index is 0.315. The molecule has 0 N–H and O–H groups in total. The minimum absolute atomic E-state index is 0.315. The molecule has 2 aliphatic rings. The first kappa shape index (κ1) is 25.4. The van der Waals surface area contributed by atoms with Crippen LogP contribution in [-0.2, 0) is 12.8 Å². The van der Waals surface area contributed by atoms with Crippen molar-refractivity contribution >= 4 is 17.1 Å². The van der Waals surface area contributed by atoms with Crippen LogP contribution in [0.3, 0.4) is 0 Å². The lowest BCUT2D eigenvalue weighted by molar-refractivity contribution is 0.805. The van der Waals surface area contributed by atoms with Crippen molar-refractivity contribution in [3.05, 3.63) is 64.8 Å². The third kappa shape index (κ3) is 4.17. The molecule has 0 saturated carbocycles. The standard InChI is InChI=1S/C32H45N3/c1-8-23-20-17-21-25-22-26-29(27(23)25)28(24-18-15-16-19-24)31(34(11-4)12-5)32(35(13-6)14-7)30(26)33(9-2)10-3/h15-21,24H,8-14,22H2,1-7H3. The van der Waals surface area contributed by atoms with Gasteiger partial charge in [0.05, 0.1) is 17.1 Å². The summed E-state index contributed by atoms with van der Waals surface area (Å²) in [5, 5.41) is 0. The highest BCUT2D eigenvalue weighted by atomic mass is 15.2. The first-order valence-electron chi connectivity index (χ1n) is 14.0. The lowest BCUT2D eigenvalue weighted by atomic mass is 9.84. The zero-order valence-corrected chi connectivity index (χ0v) is 23.1. The quantitative estimate of drug-likeness (QED) is 0.285. The van der Waals surface area contributed by atoms with Crippen LogP contribution >= 0.6 is 0 Å². The Morgan fingerprint density at radius 1 is 0.657 bits per heavy atom. The summed E-state index contributed by atoms with van der Waals surface area (Å²) in [4.78, 5) is 7.88. The molecule has 2 aliphatic carbocycles. The Bertz CT molecular complexity index is 1090. The van der Waals surface area contributed by atoms with Gasteiger partial charge >= 0.3 is 0 Å². The molecule has 3 heteroatoms. The summed E-state index contributed by atoms with van der Waals surface area (Å²) in [5.74, 6) is 0.315. The van der Waals surface area contributed by atoms with Crippen molar-refractivity contribution in [1.82, 2.24) is 0 Å². The Balaban J connectivity index is 2.24. The normalized spacial score (nSPS) is 13.9. The number of hydrogen-bond donors (Lipinski definition) is 0. The van der Waals surface area contributed by atoms with Gasteiger partial charge in [0.2, 0.25) is 0 Å². The largest absolute Gasteiger partial charge is 0.370 e. The van der Waals surface area contributed by atoms with Gasteiger partial charge < -0.3 is 14.7 Å². The predicted molar refractivity (Wildman–Crippen MR) is 156 cm³/mol. The molecule has 0 saturated heterocycles. The Kier molecular flexibility index (Phi) is 7.94. The number of anilines is 3. The Hall–Kier alpha value is -2.68. The van der Waals surface area contributed by atoms with Crippen molar-refractivity contribution in [1.29, 1.82) is 0 Å².